The molecule has 168 valence electrons. The fraction of sp³-hybridized carbons (Fsp3) is 0.333. The second-order valence-corrected chi connectivity index (χ2v) is 8.41. The second-order valence-electron chi connectivity index (χ2n) is 8.41. The number of aliphatic hydroxyl groups excluding tert-OH is 1. The Morgan fingerprint density at radius 2 is 1.62 bits per heavy atom. The fourth-order valence-electron chi connectivity index (χ4n) is 3.49. The molecule has 0 aliphatic heterocycles. The Morgan fingerprint density at radius 1 is 0.969 bits per heavy atom. The summed E-state index contributed by atoms with van der Waals surface area (Å²) in [6.07, 6.45) is 4.46. The average molecular weight is 433 g/mol. The molecule has 0 radical (unpaired) electrons. The van der Waals surface area contributed by atoms with Crippen LogP contribution in [0.15, 0.2) is 73.1 Å². The zero-order valence-corrected chi connectivity index (χ0v) is 19.0. The first-order chi connectivity index (χ1) is 15.4. The maximum absolute atomic E-state index is 11.9. The Kier molecular flexibility index (Phi) is 8.40. The minimum Gasteiger partial charge on any atom is -0.488 e. The van der Waals surface area contributed by atoms with E-state index in [2.05, 4.69) is 10.3 Å². The molecule has 5 nitrogen and oxygen atoms in total. The van der Waals surface area contributed by atoms with Crippen molar-refractivity contribution >= 4 is 5.91 Å². The van der Waals surface area contributed by atoms with E-state index < -0.39 is 6.10 Å². The van der Waals surface area contributed by atoms with Gasteiger partial charge in [0, 0.05) is 18.4 Å². The van der Waals surface area contributed by atoms with Gasteiger partial charge in [0.15, 0.2) is 0 Å². The van der Waals surface area contributed by atoms with E-state index in [1.807, 2.05) is 87.6 Å². The Bertz CT molecular complexity index is 970. The molecule has 2 N–H and O–H groups in total. The van der Waals surface area contributed by atoms with Crippen molar-refractivity contribution in [2.45, 2.75) is 58.3 Å². The van der Waals surface area contributed by atoms with Crippen molar-refractivity contribution in [3.8, 4) is 16.9 Å². The lowest BCUT2D eigenvalue weighted by atomic mass is 10.0. The first-order valence-corrected chi connectivity index (χ1v) is 11.1. The Hall–Kier alpha value is -3.18. The standard InChI is InChI=1S/C27H32N2O3/c1-19(2)29-27(31)17-21-6-9-23(10-7-21)24-11-13-25(14-12-24)32-20(3)26(30)15-8-22-5-4-16-28-18-22/h4-7,9-14,16,18-20,26,30H,8,15,17H2,1-3H3,(H,29,31)/t20-,26+/m0/s1. The highest BCUT2D eigenvalue weighted by Crippen LogP contribution is 2.24. The van der Waals surface area contributed by atoms with Gasteiger partial charge in [-0.3, -0.25) is 9.78 Å². The second kappa shape index (κ2) is 11.4. The maximum atomic E-state index is 11.9. The third-order valence-electron chi connectivity index (χ3n) is 5.27. The molecule has 2 atom stereocenters. The molecule has 0 spiro atoms. The quantitative estimate of drug-likeness (QED) is 0.492. The van der Waals surface area contributed by atoms with Crippen LogP contribution in [0, 0.1) is 0 Å². The number of pyridine rings is 1. The SMILES string of the molecule is CC(C)NC(=O)Cc1ccc(-c2ccc(O[C@@H](C)[C@H](O)CCc3cccnc3)cc2)cc1. The van der Waals surface area contributed by atoms with Gasteiger partial charge in [-0.15, -0.1) is 0 Å². The van der Waals surface area contributed by atoms with Gasteiger partial charge in [-0.1, -0.05) is 42.5 Å². The number of carbonyl (C=O) groups excluding carboxylic acids is 1. The number of hydrogen-bond acceptors (Lipinski definition) is 4. The molecule has 1 aromatic heterocycles. The first kappa shape index (κ1) is 23.5. The molecule has 0 saturated heterocycles. The van der Waals surface area contributed by atoms with E-state index in [0.717, 1.165) is 34.4 Å². The van der Waals surface area contributed by atoms with Crippen LogP contribution in [-0.4, -0.2) is 34.2 Å². The molecule has 1 amide bonds. The number of benzene rings is 2. The number of aryl methyl sites for hydroxylation is 1. The van der Waals surface area contributed by atoms with Crippen molar-refractivity contribution < 1.29 is 14.6 Å². The number of amides is 1. The molecule has 0 aliphatic rings. The number of ether oxygens (including phenoxy) is 1. The molecule has 0 saturated carbocycles. The van der Waals surface area contributed by atoms with Gasteiger partial charge in [-0.05, 0) is 74.1 Å². The fourth-order valence-corrected chi connectivity index (χ4v) is 3.49. The van der Waals surface area contributed by atoms with Crippen LogP contribution in [0.3, 0.4) is 0 Å². The van der Waals surface area contributed by atoms with Gasteiger partial charge in [0.2, 0.25) is 5.91 Å². The predicted molar refractivity (Wildman–Crippen MR) is 128 cm³/mol. The van der Waals surface area contributed by atoms with Crippen molar-refractivity contribution in [2.24, 2.45) is 0 Å². The van der Waals surface area contributed by atoms with Crippen LogP contribution in [0.4, 0.5) is 0 Å². The van der Waals surface area contributed by atoms with Crippen LogP contribution < -0.4 is 10.1 Å². The third-order valence-corrected chi connectivity index (χ3v) is 5.27. The lowest BCUT2D eigenvalue weighted by molar-refractivity contribution is -0.120. The molecule has 32 heavy (non-hydrogen) atoms. The molecule has 1 heterocycles. The monoisotopic (exact) mass is 432 g/mol. The van der Waals surface area contributed by atoms with E-state index >= 15 is 0 Å². The highest BCUT2D eigenvalue weighted by atomic mass is 16.5. The lowest BCUT2D eigenvalue weighted by Crippen LogP contribution is -2.31. The molecule has 3 rings (SSSR count). The number of nitrogens with zero attached hydrogens (tertiary/aromatic N) is 1. The summed E-state index contributed by atoms with van der Waals surface area (Å²) in [5, 5.41) is 13.3. The van der Waals surface area contributed by atoms with Crippen LogP contribution in [0.25, 0.3) is 11.1 Å². The smallest absolute Gasteiger partial charge is 0.224 e. The van der Waals surface area contributed by atoms with Crippen LogP contribution in [0.2, 0.25) is 0 Å². The summed E-state index contributed by atoms with van der Waals surface area (Å²) in [6, 6.07) is 19.9. The van der Waals surface area contributed by atoms with E-state index in [9.17, 15) is 9.90 Å². The van der Waals surface area contributed by atoms with E-state index in [-0.39, 0.29) is 18.1 Å². The van der Waals surface area contributed by atoms with Gasteiger partial charge in [0.1, 0.15) is 11.9 Å². The number of aromatic nitrogens is 1. The predicted octanol–water partition coefficient (Wildman–Crippen LogP) is 4.58. The highest BCUT2D eigenvalue weighted by Gasteiger charge is 2.16. The molecule has 0 aliphatic carbocycles. The number of aliphatic hydroxyl groups is 1. The molecule has 0 bridgehead atoms. The zero-order valence-electron chi connectivity index (χ0n) is 19.0. The van der Waals surface area contributed by atoms with Gasteiger partial charge in [0.25, 0.3) is 0 Å². The summed E-state index contributed by atoms with van der Waals surface area (Å²) in [5.74, 6) is 0.759. The van der Waals surface area contributed by atoms with Gasteiger partial charge in [-0.2, -0.15) is 0 Å². The molecule has 2 aromatic carbocycles. The van der Waals surface area contributed by atoms with Crippen LogP contribution in [0.5, 0.6) is 5.75 Å². The van der Waals surface area contributed by atoms with E-state index in [4.69, 9.17) is 4.74 Å². The van der Waals surface area contributed by atoms with E-state index in [0.29, 0.717) is 12.8 Å². The molecular weight excluding hydrogens is 400 g/mol. The Morgan fingerprint density at radius 3 is 2.22 bits per heavy atom. The zero-order chi connectivity index (χ0) is 22.9. The van der Waals surface area contributed by atoms with Crippen molar-refractivity contribution in [3.05, 3.63) is 84.2 Å². The van der Waals surface area contributed by atoms with Crippen molar-refractivity contribution in [1.29, 1.82) is 0 Å². The minimum absolute atomic E-state index is 0.0333. The summed E-state index contributed by atoms with van der Waals surface area (Å²) in [5.41, 5.74) is 4.24. The first-order valence-electron chi connectivity index (χ1n) is 11.1. The van der Waals surface area contributed by atoms with Crippen molar-refractivity contribution in [2.75, 3.05) is 0 Å². The topological polar surface area (TPSA) is 71.5 Å². The molecule has 0 fully saturated rings. The van der Waals surface area contributed by atoms with Gasteiger partial charge < -0.3 is 15.2 Å². The minimum atomic E-state index is -0.560. The van der Waals surface area contributed by atoms with E-state index in [1.54, 1.807) is 6.20 Å². The van der Waals surface area contributed by atoms with Crippen LogP contribution >= 0.6 is 0 Å². The normalized spacial score (nSPS) is 12.9. The number of hydrogen-bond donors (Lipinski definition) is 2. The summed E-state index contributed by atoms with van der Waals surface area (Å²) in [4.78, 5) is 16.0. The average Bonchev–Trinajstić information content (AvgIpc) is 2.78. The number of rotatable bonds is 10. The Labute approximate surface area is 190 Å². The molecule has 0 unspecified atom stereocenters. The lowest BCUT2D eigenvalue weighted by Gasteiger charge is -2.20. The summed E-state index contributed by atoms with van der Waals surface area (Å²) in [6.45, 7) is 5.80. The van der Waals surface area contributed by atoms with Crippen LogP contribution in [0.1, 0.15) is 38.3 Å². The molecule has 5 heteroatoms. The van der Waals surface area contributed by atoms with Gasteiger partial charge in [0.05, 0.1) is 12.5 Å². The van der Waals surface area contributed by atoms with E-state index in [1.165, 1.54) is 0 Å². The van der Waals surface area contributed by atoms with Gasteiger partial charge >= 0.3 is 0 Å². The number of nitrogens with one attached hydrogen (secondary N) is 1. The maximum Gasteiger partial charge on any atom is 0.224 e. The summed E-state index contributed by atoms with van der Waals surface area (Å²) < 4.78 is 5.94. The third kappa shape index (κ3) is 7.20. The Balaban J connectivity index is 1.52. The molecule has 3 aromatic rings. The highest BCUT2D eigenvalue weighted by molar-refractivity contribution is 5.79. The van der Waals surface area contributed by atoms with Gasteiger partial charge in [-0.25, -0.2) is 0 Å². The molecular formula is C27H32N2O3. The largest absolute Gasteiger partial charge is 0.488 e. The summed E-state index contributed by atoms with van der Waals surface area (Å²) in [7, 11) is 0. The van der Waals surface area contributed by atoms with Crippen LogP contribution in [-0.2, 0) is 17.6 Å². The summed E-state index contributed by atoms with van der Waals surface area (Å²) >= 11 is 0. The van der Waals surface area contributed by atoms with Crippen molar-refractivity contribution in [3.63, 3.8) is 0 Å². The number of carbonyl (C=O) groups is 1. The van der Waals surface area contributed by atoms with Crippen molar-refractivity contribution in [1.82, 2.24) is 10.3 Å².